The van der Waals surface area contributed by atoms with Crippen molar-refractivity contribution in [2.75, 3.05) is 0 Å². The highest BCUT2D eigenvalue weighted by atomic mass is 14.0. The minimum Gasteiger partial charge on any atom is -0.0991 e. The molecule has 0 aromatic rings. The van der Waals surface area contributed by atoms with Crippen LogP contribution in [0.15, 0.2) is 72.4 Å². The summed E-state index contributed by atoms with van der Waals surface area (Å²) in [5.41, 5.74) is 3.64. The summed E-state index contributed by atoms with van der Waals surface area (Å²) in [6.45, 7) is 13.8. The third kappa shape index (κ3) is 4.79. The molecule has 0 rings (SSSR count). The van der Waals surface area contributed by atoms with Gasteiger partial charge in [-0.2, -0.15) is 0 Å². The van der Waals surface area contributed by atoms with Crippen LogP contribution in [0, 0.1) is 0 Å². The topological polar surface area (TPSA) is 0 Å². The van der Waals surface area contributed by atoms with Gasteiger partial charge in [-0.05, 0) is 31.4 Å². The molecule has 0 N–H and O–H groups in total. The molecule has 0 saturated heterocycles. The Balaban J connectivity index is 5.31. The molecule has 0 bridgehead atoms. The van der Waals surface area contributed by atoms with Crippen molar-refractivity contribution in [3.05, 3.63) is 72.4 Å². The van der Waals surface area contributed by atoms with Crippen molar-refractivity contribution < 1.29 is 0 Å². The number of hydrogen-bond donors (Lipinski definition) is 0. The Morgan fingerprint density at radius 1 is 1.06 bits per heavy atom. The standard InChI is InChI=1S/C16H22/c1-6-11-12-16(15(9-4)10-5)13-14(7-2)8-3/h6-7,9-13H,1,4,8H2,2-3,5H3/b12-11-,14-7-,15-10-,16-13-. The molecule has 0 unspecified atom stereocenters. The van der Waals surface area contributed by atoms with Gasteiger partial charge >= 0.3 is 0 Å². The van der Waals surface area contributed by atoms with E-state index in [0.29, 0.717) is 0 Å². The summed E-state index contributed by atoms with van der Waals surface area (Å²) in [5.74, 6) is 0. The van der Waals surface area contributed by atoms with Gasteiger partial charge in [-0.25, -0.2) is 0 Å². The van der Waals surface area contributed by atoms with Crippen LogP contribution in [0.2, 0.25) is 0 Å². The van der Waals surface area contributed by atoms with E-state index in [2.05, 4.69) is 51.3 Å². The van der Waals surface area contributed by atoms with E-state index in [4.69, 9.17) is 0 Å². The summed E-state index contributed by atoms with van der Waals surface area (Å²) in [4.78, 5) is 0. The van der Waals surface area contributed by atoms with Gasteiger partial charge < -0.3 is 0 Å². The van der Waals surface area contributed by atoms with E-state index < -0.39 is 0 Å². The van der Waals surface area contributed by atoms with Crippen LogP contribution in [0.25, 0.3) is 0 Å². The normalized spacial score (nSPS) is 14.3. The molecule has 0 heterocycles. The fourth-order valence-electron chi connectivity index (χ4n) is 1.39. The van der Waals surface area contributed by atoms with Crippen LogP contribution in [-0.4, -0.2) is 0 Å². The number of allylic oxidation sites excluding steroid dienone is 10. The van der Waals surface area contributed by atoms with Gasteiger partial charge in [0.1, 0.15) is 0 Å². The lowest BCUT2D eigenvalue weighted by Crippen LogP contribution is -1.85. The van der Waals surface area contributed by atoms with Crippen molar-refractivity contribution in [3.63, 3.8) is 0 Å². The zero-order chi connectivity index (χ0) is 12.4. The van der Waals surface area contributed by atoms with E-state index in [1.807, 2.05) is 19.1 Å². The lowest BCUT2D eigenvalue weighted by Gasteiger charge is -2.04. The van der Waals surface area contributed by atoms with Crippen molar-refractivity contribution >= 4 is 0 Å². The zero-order valence-corrected chi connectivity index (χ0v) is 10.7. The van der Waals surface area contributed by atoms with E-state index in [9.17, 15) is 0 Å². The summed E-state index contributed by atoms with van der Waals surface area (Å²) >= 11 is 0. The molecule has 0 aliphatic carbocycles. The molecule has 0 atom stereocenters. The van der Waals surface area contributed by atoms with Crippen LogP contribution in [0.1, 0.15) is 27.2 Å². The van der Waals surface area contributed by atoms with Crippen molar-refractivity contribution in [1.82, 2.24) is 0 Å². The average molecular weight is 214 g/mol. The Bertz CT molecular complexity index is 346. The fraction of sp³-hybridized carbons (Fsp3) is 0.250. The summed E-state index contributed by atoms with van der Waals surface area (Å²) in [6, 6.07) is 0. The molecule has 0 nitrogen and oxygen atoms in total. The highest BCUT2D eigenvalue weighted by Gasteiger charge is 1.97. The highest BCUT2D eigenvalue weighted by Crippen LogP contribution is 2.17. The zero-order valence-electron chi connectivity index (χ0n) is 10.7. The number of hydrogen-bond acceptors (Lipinski definition) is 0. The first-order chi connectivity index (χ1) is 7.73. The van der Waals surface area contributed by atoms with E-state index in [-0.39, 0.29) is 0 Å². The summed E-state index contributed by atoms with van der Waals surface area (Å²) in [7, 11) is 0. The molecule has 0 fully saturated rings. The van der Waals surface area contributed by atoms with Gasteiger partial charge in [0.25, 0.3) is 0 Å². The Morgan fingerprint density at radius 3 is 2.12 bits per heavy atom. The molecule has 0 radical (unpaired) electrons. The van der Waals surface area contributed by atoms with Gasteiger partial charge in [0.15, 0.2) is 0 Å². The predicted molar refractivity (Wildman–Crippen MR) is 75.4 cm³/mol. The van der Waals surface area contributed by atoms with Crippen LogP contribution in [0.3, 0.4) is 0 Å². The van der Waals surface area contributed by atoms with Gasteiger partial charge in [0.05, 0.1) is 0 Å². The van der Waals surface area contributed by atoms with Crippen LogP contribution < -0.4 is 0 Å². The van der Waals surface area contributed by atoms with Gasteiger partial charge in [0, 0.05) is 0 Å². The van der Waals surface area contributed by atoms with Crippen LogP contribution >= 0.6 is 0 Å². The first-order valence-corrected chi connectivity index (χ1v) is 5.68. The summed E-state index contributed by atoms with van der Waals surface area (Å²) in [6.07, 6.45) is 15.1. The fourth-order valence-corrected chi connectivity index (χ4v) is 1.39. The van der Waals surface area contributed by atoms with Gasteiger partial charge in [-0.1, -0.05) is 68.2 Å². The average Bonchev–Trinajstić information content (AvgIpc) is 2.33. The maximum Gasteiger partial charge on any atom is -0.0185 e. The molecule has 0 saturated carbocycles. The molecule has 0 amide bonds. The Labute approximate surface area is 100 Å². The Morgan fingerprint density at radius 2 is 1.75 bits per heavy atom. The van der Waals surface area contributed by atoms with Crippen molar-refractivity contribution in [2.24, 2.45) is 0 Å². The van der Waals surface area contributed by atoms with Gasteiger partial charge in [-0.3, -0.25) is 0 Å². The molecular formula is C16H22. The second kappa shape index (κ2) is 8.72. The second-order valence-electron chi connectivity index (χ2n) is 3.36. The maximum atomic E-state index is 3.83. The van der Waals surface area contributed by atoms with Gasteiger partial charge in [0.2, 0.25) is 0 Å². The van der Waals surface area contributed by atoms with Crippen LogP contribution in [0.4, 0.5) is 0 Å². The van der Waals surface area contributed by atoms with E-state index in [1.54, 1.807) is 6.08 Å². The second-order valence-corrected chi connectivity index (χ2v) is 3.36. The monoisotopic (exact) mass is 214 g/mol. The van der Waals surface area contributed by atoms with Crippen LogP contribution in [-0.2, 0) is 0 Å². The molecule has 0 spiro atoms. The van der Waals surface area contributed by atoms with E-state index in [1.165, 1.54) is 11.1 Å². The van der Waals surface area contributed by atoms with Gasteiger partial charge in [-0.15, -0.1) is 0 Å². The predicted octanol–water partition coefficient (Wildman–Crippen LogP) is 5.14. The molecule has 0 heteroatoms. The molecule has 0 aromatic heterocycles. The van der Waals surface area contributed by atoms with E-state index >= 15 is 0 Å². The third-order valence-electron chi connectivity index (χ3n) is 2.40. The maximum absolute atomic E-state index is 3.83. The Kier molecular flexibility index (Phi) is 7.87. The molecule has 0 aliphatic heterocycles. The van der Waals surface area contributed by atoms with Crippen molar-refractivity contribution in [2.45, 2.75) is 27.2 Å². The lowest BCUT2D eigenvalue weighted by atomic mass is 10.0. The minimum atomic E-state index is 1.04. The lowest BCUT2D eigenvalue weighted by molar-refractivity contribution is 1.14. The van der Waals surface area contributed by atoms with Crippen LogP contribution in [0.5, 0.6) is 0 Å². The Hall–Kier alpha value is -1.56. The van der Waals surface area contributed by atoms with E-state index in [0.717, 1.165) is 12.0 Å². The SMILES string of the molecule is C=C\C=C/C(=C/C(=C\C)CC)C(/C=C)=C\C. The third-order valence-corrected chi connectivity index (χ3v) is 2.40. The molecule has 16 heavy (non-hydrogen) atoms. The number of rotatable bonds is 6. The first kappa shape index (κ1) is 14.4. The quantitative estimate of drug-likeness (QED) is 0.537. The summed E-state index contributed by atoms with van der Waals surface area (Å²) < 4.78 is 0. The molecule has 0 aromatic carbocycles. The molecule has 0 aliphatic rings. The largest absolute Gasteiger partial charge is 0.0991 e. The van der Waals surface area contributed by atoms with Crippen molar-refractivity contribution in [3.8, 4) is 0 Å². The molecular weight excluding hydrogens is 192 g/mol. The van der Waals surface area contributed by atoms with Crippen molar-refractivity contribution in [1.29, 1.82) is 0 Å². The minimum absolute atomic E-state index is 1.04. The highest BCUT2D eigenvalue weighted by molar-refractivity contribution is 5.49. The summed E-state index contributed by atoms with van der Waals surface area (Å²) in [5, 5.41) is 0. The smallest absolute Gasteiger partial charge is 0.0185 e. The molecule has 86 valence electrons. The first-order valence-electron chi connectivity index (χ1n) is 5.68.